The van der Waals surface area contributed by atoms with Crippen LogP contribution < -0.4 is 10.6 Å². The van der Waals surface area contributed by atoms with Crippen molar-refractivity contribution in [3.05, 3.63) is 6.42 Å². The van der Waals surface area contributed by atoms with Gasteiger partial charge in [-0.1, -0.05) is 0 Å². The molecule has 2 N–H and O–H groups in total. The Labute approximate surface area is 49.7 Å². The highest BCUT2D eigenvalue weighted by Crippen LogP contribution is 2.23. The Bertz CT molecular complexity index is 88.7. The first-order valence-electron chi connectivity index (χ1n) is 3.21. The third kappa shape index (κ3) is 0.501. The van der Waals surface area contributed by atoms with Gasteiger partial charge in [0.15, 0.2) is 0 Å². The number of hydrogen-bond donors (Lipinski definition) is 2. The minimum absolute atomic E-state index is 0.431. The van der Waals surface area contributed by atoms with Crippen molar-refractivity contribution in [3.8, 4) is 0 Å². The number of nitrogens with one attached hydrogen (secondary N) is 2. The fourth-order valence-electron chi connectivity index (χ4n) is 1.43. The SMILES string of the molecule is [CH]1CNC12CCNC2. The number of hydrogen-bond acceptors (Lipinski definition) is 2. The van der Waals surface area contributed by atoms with Gasteiger partial charge in [0, 0.05) is 18.6 Å². The van der Waals surface area contributed by atoms with Crippen molar-refractivity contribution in [2.45, 2.75) is 12.0 Å². The molecule has 2 rings (SSSR count). The predicted molar refractivity (Wildman–Crippen MR) is 32.5 cm³/mol. The lowest BCUT2D eigenvalue weighted by molar-refractivity contribution is 0.328. The molecule has 1 unspecified atom stereocenters. The topological polar surface area (TPSA) is 24.1 Å². The molecule has 0 saturated carbocycles. The van der Waals surface area contributed by atoms with Gasteiger partial charge in [0.25, 0.3) is 0 Å². The standard InChI is InChI=1S/C6H11N2/c1-3-7-5-6(1)2-4-8-6/h2,7-8H,1,3-5H2. The first kappa shape index (κ1) is 4.77. The monoisotopic (exact) mass is 111 g/mol. The van der Waals surface area contributed by atoms with Gasteiger partial charge in [-0.05, 0) is 19.4 Å². The van der Waals surface area contributed by atoms with Crippen molar-refractivity contribution < 1.29 is 0 Å². The van der Waals surface area contributed by atoms with E-state index in [-0.39, 0.29) is 0 Å². The average molecular weight is 111 g/mol. The molecule has 0 aromatic rings. The summed E-state index contributed by atoms with van der Waals surface area (Å²) in [6.07, 6.45) is 3.65. The first-order valence-corrected chi connectivity index (χ1v) is 3.21. The molecule has 0 aromatic carbocycles. The van der Waals surface area contributed by atoms with Gasteiger partial charge in [0.2, 0.25) is 0 Å². The van der Waals surface area contributed by atoms with Crippen molar-refractivity contribution in [2.75, 3.05) is 19.6 Å². The summed E-state index contributed by atoms with van der Waals surface area (Å²) in [5.74, 6) is 0. The van der Waals surface area contributed by atoms with E-state index in [1.807, 2.05) is 0 Å². The highest BCUT2D eigenvalue weighted by atomic mass is 15.1. The minimum Gasteiger partial charge on any atom is -0.315 e. The Morgan fingerprint density at radius 2 is 2.38 bits per heavy atom. The van der Waals surface area contributed by atoms with E-state index < -0.39 is 0 Å². The van der Waals surface area contributed by atoms with Crippen LogP contribution in [-0.4, -0.2) is 25.2 Å². The second kappa shape index (κ2) is 1.45. The molecule has 8 heavy (non-hydrogen) atoms. The van der Waals surface area contributed by atoms with E-state index in [9.17, 15) is 0 Å². The van der Waals surface area contributed by atoms with Crippen LogP contribution in [-0.2, 0) is 0 Å². The normalized spacial score (nSPS) is 45.0. The smallest absolute Gasteiger partial charge is 0.0362 e. The van der Waals surface area contributed by atoms with Gasteiger partial charge in [0.1, 0.15) is 0 Å². The average Bonchev–Trinajstić information content (AvgIpc) is 2.07. The zero-order valence-corrected chi connectivity index (χ0v) is 4.91. The van der Waals surface area contributed by atoms with E-state index in [1.165, 1.54) is 13.0 Å². The summed E-state index contributed by atoms with van der Waals surface area (Å²) in [5.41, 5.74) is 0.431. The van der Waals surface area contributed by atoms with Gasteiger partial charge in [-0.2, -0.15) is 0 Å². The molecule has 0 amide bonds. The second-order valence-corrected chi connectivity index (χ2v) is 2.67. The molecular weight excluding hydrogens is 100 g/mol. The predicted octanol–water partition coefficient (Wildman–Crippen LogP) is -0.474. The van der Waals surface area contributed by atoms with Gasteiger partial charge in [-0.15, -0.1) is 0 Å². The maximum Gasteiger partial charge on any atom is 0.0362 e. The Kier molecular flexibility index (Phi) is 0.866. The van der Waals surface area contributed by atoms with E-state index in [0.29, 0.717) is 5.54 Å². The van der Waals surface area contributed by atoms with Crippen LogP contribution in [0.1, 0.15) is 6.42 Å². The van der Waals surface area contributed by atoms with Gasteiger partial charge >= 0.3 is 0 Å². The maximum absolute atomic E-state index is 3.40. The second-order valence-electron chi connectivity index (χ2n) is 2.67. The summed E-state index contributed by atoms with van der Waals surface area (Å²) in [6.45, 7) is 3.44. The molecule has 1 atom stereocenters. The van der Waals surface area contributed by atoms with Crippen molar-refractivity contribution in [3.63, 3.8) is 0 Å². The van der Waals surface area contributed by atoms with Crippen LogP contribution in [0.4, 0.5) is 0 Å². The maximum atomic E-state index is 3.40. The summed E-state index contributed by atoms with van der Waals surface area (Å²) < 4.78 is 0. The van der Waals surface area contributed by atoms with Gasteiger partial charge < -0.3 is 10.6 Å². The molecule has 2 fully saturated rings. The molecule has 2 aliphatic rings. The molecule has 2 heterocycles. The molecule has 1 radical (unpaired) electrons. The Morgan fingerprint density at radius 3 is 2.62 bits per heavy atom. The Hall–Kier alpha value is -0.0800. The van der Waals surface area contributed by atoms with Crippen molar-refractivity contribution in [1.82, 2.24) is 10.6 Å². The summed E-state index contributed by atoms with van der Waals surface area (Å²) >= 11 is 0. The summed E-state index contributed by atoms with van der Waals surface area (Å²) in [6, 6.07) is 0. The molecule has 2 heteroatoms. The van der Waals surface area contributed by atoms with Crippen LogP contribution >= 0.6 is 0 Å². The van der Waals surface area contributed by atoms with Crippen LogP contribution in [0.3, 0.4) is 0 Å². The van der Waals surface area contributed by atoms with Crippen LogP contribution in [0.2, 0.25) is 0 Å². The van der Waals surface area contributed by atoms with Gasteiger partial charge in [0.05, 0.1) is 0 Å². The van der Waals surface area contributed by atoms with Crippen LogP contribution in [0.25, 0.3) is 0 Å². The van der Waals surface area contributed by atoms with Crippen molar-refractivity contribution in [1.29, 1.82) is 0 Å². The van der Waals surface area contributed by atoms with Crippen LogP contribution in [0.15, 0.2) is 0 Å². The Morgan fingerprint density at radius 1 is 1.50 bits per heavy atom. The van der Waals surface area contributed by atoms with Crippen molar-refractivity contribution in [2.24, 2.45) is 0 Å². The zero-order chi connectivity index (χ0) is 5.45. The molecule has 45 valence electrons. The first-order chi connectivity index (χ1) is 3.91. The van der Waals surface area contributed by atoms with Crippen molar-refractivity contribution >= 4 is 0 Å². The summed E-state index contributed by atoms with van der Waals surface area (Å²) in [4.78, 5) is 0. The molecule has 0 aliphatic carbocycles. The lowest BCUT2D eigenvalue weighted by Crippen LogP contribution is -2.58. The third-order valence-electron chi connectivity index (χ3n) is 2.14. The minimum atomic E-state index is 0.431. The van der Waals surface area contributed by atoms with E-state index in [1.54, 1.807) is 0 Å². The molecule has 2 aliphatic heterocycles. The van der Waals surface area contributed by atoms with Crippen LogP contribution in [0, 0.1) is 6.42 Å². The van der Waals surface area contributed by atoms with E-state index in [0.717, 1.165) is 13.1 Å². The third-order valence-corrected chi connectivity index (χ3v) is 2.14. The molecule has 0 aromatic heterocycles. The quantitative estimate of drug-likeness (QED) is 0.441. The lowest BCUT2D eigenvalue weighted by atomic mass is 9.87. The molecule has 2 saturated heterocycles. The molecule has 1 spiro atoms. The largest absolute Gasteiger partial charge is 0.315 e. The van der Waals surface area contributed by atoms with E-state index >= 15 is 0 Å². The summed E-state index contributed by atoms with van der Waals surface area (Å²) in [5, 5.41) is 6.72. The fraction of sp³-hybridized carbons (Fsp3) is 0.833. The Balaban J connectivity index is 2.01. The van der Waals surface area contributed by atoms with Gasteiger partial charge in [-0.3, -0.25) is 0 Å². The molecule has 2 nitrogen and oxygen atoms in total. The highest BCUT2D eigenvalue weighted by molar-refractivity contribution is 5.14. The summed E-state index contributed by atoms with van der Waals surface area (Å²) in [7, 11) is 0. The molecular formula is C6H11N2. The van der Waals surface area contributed by atoms with Gasteiger partial charge in [-0.25, -0.2) is 0 Å². The van der Waals surface area contributed by atoms with Crippen LogP contribution in [0.5, 0.6) is 0 Å². The van der Waals surface area contributed by atoms with E-state index in [4.69, 9.17) is 0 Å². The highest BCUT2D eigenvalue weighted by Gasteiger charge is 2.38. The lowest BCUT2D eigenvalue weighted by Gasteiger charge is -2.38. The molecule has 0 bridgehead atoms. The zero-order valence-electron chi connectivity index (χ0n) is 4.91. The van der Waals surface area contributed by atoms with E-state index in [2.05, 4.69) is 17.1 Å². The number of rotatable bonds is 0. The fourth-order valence-corrected chi connectivity index (χ4v) is 1.43.